The molecule has 0 heterocycles. The van der Waals surface area contributed by atoms with E-state index in [4.69, 9.17) is 5.11 Å². The lowest BCUT2D eigenvalue weighted by Crippen LogP contribution is -2.42. The van der Waals surface area contributed by atoms with Crippen LogP contribution in [-0.2, 0) is 9.59 Å². The molecule has 0 radical (unpaired) electrons. The quantitative estimate of drug-likeness (QED) is 0.643. The Morgan fingerprint density at radius 3 is 2.00 bits per heavy atom. The van der Waals surface area contributed by atoms with Crippen LogP contribution in [0.3, 0.4) is 0 Å². The van der Waals surface area contributed by atoms with Gasteiger partial charge >= 0.3 is 5.97 Å². The van der Waals surface area contributed by atoms with E-state index < -0.39 is 5.97 Å². The average molecular weight is 385 g/mol. The molecule has 1 unspecified atom stereocenters. The second kappa shape index (κ2) is 11.9. The molecule has 148 valence electrons. The first-order valence-corrected chi connectivity index (χ1v) is 9.07. The van der Waals surface area contributed by atoms with Crippen LogP contribution in [0, 0.1) is 5.92 Å². The standard InChI is InChI=1S/C20H32N2O3.ClH/c1-6-11-22(13-19(24)25)12-18(23)21-20(15(4)5)17-9-7-16(8-10-17)14(2)3;/h7-10,14-15,20H,6,11-13H2,1-5H3,(H,21,23)(H,24,25);1H. The van der Waals surface area contributed by atoms with Gasteiger partial charge in [0.1, 0.15) is 0 Å². The topological polar surface area (TPSA) is 69.6 Å². The lowest BCUT2D eigenvalue weighted by atomic mass is 9.93. The van der Waals surface area contributed by atoms with Gasteiger partial charge in [-0.15, -0.1) is 12.4 Å². The molecular formula is C20H33ClN2O3. The first kappa shape index (κ1) is 24.4. The summed E-state index contributed by atoms with van der Waals surface area (Å²) in [5.41, 5.74) is 2.35. The Morgan fingerprint density at radius 1 is 1.04 bits per heavy atom. The van der Waals surface area contributed by atoms with Crippen LogP contribution < -0.4 is 5.32 Å². The second-order valence-corrected chi connectivity index (χ2v) is 7.21. The maximum absolute atomic E-state index is 12.4. The lowest BCUT2D eigenvalue weighted by Gasteiger charge is -2.25. The summed E-state index contributed by atoms with van der Waals surface area (Å²) >= 11 is 0. The van der Waals surface area contributed by atoms with Crippen LogP contribution in [0.15, 0.2) is 24.3 Å². The maximum Gasteiger partial charge on any atom is 0.317 e. The minimum Gasteiger partial charge on any atom is -0.480 e. The van der Waals surface area contributed by atoms with Gasteiger partial charge in [-0.1, -0.05) is 58.9 Å². The van der Waals surface area contributed by atoms with Gasteiger partial charge < -0.3 is 10.4 Å². The minimum absolute atomic E-state index is 0. The monoisotopic (exact) mass is 384 g/mol. The molecule has 0 aliphatic carbocycles. The number of rotatable bonds is 10. The van der Waals surface area contributed by atoms with Gasteiger partial charge in [0.2, 0.25) is 5.91 Å². The molecule has 0 spiro atoms. The molecule has 0 saturated heterocycles. The van der Waals surface area contributed by atoms with Crippen LogP contribution >= 0.6 is 12.4 Å². The van der Waals surface area contributed by atoms with Gasteiger partial charge in [0.05, 0.1) is 19.1 Å². The number of carbonyl (C=O) groups is 2. The first-order chi connectivity index (χ1) is 11.7. The highest BCUT2D eigenvalue weighted by Gasteiger charge is 2.20. The number of halogens is 1. The van der Waals surface area contributed by atoms with Crippen LogP contribution in [0.2, 0.25) is 0 Å². The third-order valence-corrected chi connectivity index (χ3v) is 4.21. The zero-order valence-electron chi connectivity index (χ0n) is 16.5. The minimum atomic E-state index is -0.911. The zero-order valence-corrected chi connectivity index (χ0v) is 17.3. The Kier molecular flexibility index (Phi) is 11.2. The summed E-state index contributed by atoms with van der Waals surface area (Å²) in [7, 11) is 0. The highest BCUT2D eigenvalue weighted by atomic mass is 35.5. The fourth-order valence-corrected chi connectivity index (χ4v) is 2.87. The number of amides is 1. The van der Waals surface area contributed by atoms with Crippen molar-refractivity contribution in [2.45, 2.75) is 53.0 Å². The molecular weight excluding hydrogens is 352 g/mol. The summed E-state index contributed by atoms with van der Waals surface area (Å²) in [6.45, 7) is 11.0. The number of nitrogens with zero attached hydrogens (tertiary/aromatic N) is 1. The fourth-order valence-electron chi connectivity index (χ4n) is 2.87. The molecule has 1 amide bonds. The number of carbonyl (C=O) groups excluding carboxylic acids is 1. The number of carboxylic acid groups (broad SMARTS) is 1. The normalized spacial score (nSPS) is 12.2. The molecule has 0 aliphatic rings. The van der Waals surface area contributed by atoms with E-state index >= 15 is 0 Å². The van der Waals surface area contributed by atoms with Gasteiger partial charge in [-0.05, 0) is 35.9 Å². The predicted molar refractivity (Wildman–Crippen MR) is 108 cm³/mol. The molecule has 5 nitrogen and oxygen atoms in total. The fraction of sp³-hybridized carbons (Fsp3) is 0.600. The number of nitrogens with one attached hydrogen (secondary N) is 1. The molecule has 1 aromatic rings. The van der Waals surface area contributed by atoms with Gasteiger partial charge in [0.25, 0.3) is 0 Å². The van der Waals surface area contributed by atoms with Gasteiger partial charge in [-0.25, -0.2) is 0 Å². The zero-order chi connectivity index (χ0) is 19.0. The molecule has 0 fully saturated rings. The molecule has 1 rings (SSSR count). The van der Waals surface area contributed by atoms with E-state index in [0.717, 1.165) is 12.0 Å². The van der Waals surface area contributed by atoms with Crippen LogP contribution in [0.1, 0.15) is 64.1 Å². The van der Waals surface area contributed by atoms with Crippen molar-refractivity contribution in [3.8, 4) is 0 Å². The van der Waals surface area contributed by atoms with Crippen molar-refractivity contribution in [3.05, 3.63) is 35.4 Å². The van der Waals surface area contributed by atoms with Crippen molar-refractivity contribution in [1.82, 2.24) is 10.2 Å². The van der Waals surface area contributed by atoms with Crippen molar-refractivity contribution >= 4 is 24.3 Å². The lowest BCUT2D eigenvalue weighted by molar-refractivity contribution is -0.138. The molecule has 0 bridgehead atoms. The smallest absolute Gasteiger partial charge is 0.317 e. The number of hydrogen-bond acceptors (Lipinski definition) is 3. The molecule has 0 saturated carbocycles. The second-order valence-electron chi connectivity index (χ2n) is 7.21. The first-order valence-electron chi connectivity index (χ1n) is 9.07. The van der Waals surface area contributed by atoms with Gasteiger partial charge in [0, 0.05) is 0 Å². The van der Waals surface area contributed by atoms with Crippen LogP contribution in [-0.4, -0.2) is 41.5 Å². The van der Waals surface area contributed by atoms with Crippen molar-refractivity contribution in [2.24, 2.45) is 5.92 Å². The Balaban J connectivity index is 0.00000625. The van der Waals surface area contributed by atoms with Crippen molar-refractivity contribution < 1.29 is 14.7 Å². The summed E-state index contributed by atoms with van der Waals surface area (Å²) in [6.07, 6.45) is 0.810. The highest BCUT2D eigenvalue weighted by Crippen LogP contribution is 2.24. The summed E-state index contributed by atoms with van der Waals surface area (Å²) in [4.78, 5) is 25.0. The number of carboxylic acids is 1. The van der Waals surface area contributed by atoms with Gasteiger partial charge in [0.15, 0.2) is 0 Å². The number of hydrogen-bond donors (Lipinski definition) is 2. The SMILES string of the molecule is CCCN(CC(=O)O)CC(=O)NC(c1ccc(C(C)C)cc1)C(C)C.Cl. The number of aliphatic carboxylic acids is 1. The third-order valence-electron chi connectivity index (χ3n) is 4.21. The largest absolute Gasteiger partial charge is 0.480 e. The third kappa shape index (κ3) is 8.19. The van der Waals surface area contributed by atoms with E-state index in [1.54, 1.807) is 4.90 Å². The predicted octanol–water partition coefficient (Wildman–Crippen LogP) is 3.84. The highest BCUT2D eigenvalue weighted by molar-refractivity contribution is 5.85. The van der Waals surface area contributed by atoms with E-state index in [9.17, 15) is 9.59 Å². The van der Waals surface area contributed by atoms with Crippen LogP contribution in [0.5, 0.6) is 0 Å². The molecule has 1 atom stereocenters. The average Bonchev–Trinajstić information content (AvgIpc) is 2.52. The van der Waals surface area contributed by atoms with Gasteiger partial charge in [-0.2, -0.15) is 0 Å². The van der Waals surface area contributed by atoms with Crippen molar-refractivity contribution in [1.29, 1.82) is 0 Å². The van der Waals surface area contributed by atoms with E-state index in [1.165, 1.54) is 5.56 Å². The van der Waals surface area contributed by atoms with E-state index in [1.807, 2.05) is 6.92 Å². The Labute approximate surface area is 163 Å². The molecule has 26 heavy (non-hydrogen) atoms. The maximum atomic E-state index is 12.4. The summed E-state index contributed by atoms with van der Waals surface area (Å²) in [5, 5.41) is 12.0. The van der Waals surface area contributed by atoms with Crippen LogP contribution in [0.25, 0.3) is 0 Å². The van der Waals surface area contributed by atoms with Gasteiger partial charge in [-0.3, -0.25) is 14.5 Å². The Bertz CT molecular complexity index is 559. The van der Waals surface area contributed by atoms with Crippen LogP contribution in [0.4, 0.5) is 0 Å². The summed E-state index contributed by atoms with van der Waals surface area (Å²) < 4.78 is 0. The molecule has 6 heteroatoms. The summed E-state index contributed by atoms with van der Waals surface area (Å²) in [6, 6.07) is 8.27. The Hall–Kier alpha value is -1.59. The van der Waals surface area contributed by atoms with E-state index in [-0.39, 0.29) is 43.4 Å². The van der Waals surface area contributed by atoms with E-state index in [0.29, 0.717) is 12.5 Å². The van der Waals surface area contributed by atoms with Crippen molar-refractivity contribution in [3.63, 3.8) is 0 Å². The molecule has 1 aromatic carbocycles. The Morgan fingerprint density at radius 2 is 1.58 bits per heavy atom. The molecule has 0 aliphatic heterocycles. The summed E-state index contributed by atoms with van der Waals surface area (Å²) in [5.74, 6) is -0.333. The van der Waals surface area contributed by atoms with Crippen molar-refractivity contribution in [2.75, 3.05) is 19.6 Å². The number of benzene rings is 1. The van der Waals surface area contributed by atoms with E-state index in [2.05, 4.69) is 57.3 Å². The molecule has 0 aromatic heterocycles. The molecule has 2 N–H and O–H groups in total.